The Kier molecular flexibility index (Phi) is 5.95. The number of nitrogens with zero attached hydrogens (tertiary/aromatic N) is 1. The lowest BCUT2D eigenvalue weighted by molar-refractivity contribution is -0.0368. The summed E-state index contributed by atoms with van der Waals surface area (Å²) in [4.78, 5) is 13.4. The molecule has 1 aromatic carbocycles. The van der Waals surface area contributed by atoms with Crippen LogP contribution in [0.5, 0.6) is 0 Å². The lowest BCUT2D eigenvalue weighted by atomic mass is 10.1. The molecule has 0 saturated carbocycles. The van der Waals surface area contributed by atoms with E-state index in [1.165, 1.54) is 4.90 Å². The quantitative estimate of drug-likeness (QED) is 0.783. The van der Waals surface area contributed by atoms with Crippen molar-refractivity contribution in [2.75, 3.05) is 19.7 Å². The summed E-state index contributed by atoms with van der Waals surface area (Å²) in [5.41, 5.74) is 1.77. The molecular formula is C17H22FNO3. The molecule has 0 aromatic heterocycles. The van der Waals surface area contributed by atoms with Crippen LogP contribution in [0.15, 0.2) is 42.5 Å². The van der Waals surface area contributed by atoms with Gasteiger partial charge in [-0.25, -0.2) is 9.18 Å². The summed E-state index contributed by atoms with van der Waals surface area (Å²) < 4.78 is 24.7. The van der Waals surface area contributed by atoms with E-state index in [2.05, 4.69) is 6.58 Å². The van der Waals surface area contributed by atoms with Crippen LogP contribution in [-0.4, -0.2) is 43.0 Å². The highest BCUT2D eigenvalue weighted by atomic mass is 19.1. The lowest BCUT2D eigenvalue weighted by Gasteiger charge is -2.33. The van der Waals surface area contributed by atoms with Gasteiger partial charge in [0, 0.05) is 6.54 Å². The largest absolute Gasteiger partial charge is 0.445 e. The molecule has 0 radical (unpaired) electrons. The standard InChI is InChI=1S/C17H22FNO3/c1-13(2)11-21-16-8-9-19(10-15(16)18)17(20)22-12-14-6-4-3-5-7-14/h3-7,15-16H,1,8-12H2,2H3/t15-,16+/m0/s1. The van der Waals surface area contributed by atoms with Gasteiger partial charge in [-0.1, -0.05) is 42.5 Å². The molecule has 1 aromatic rings. The minimum absolute atomic E-state index is 0.00841. The fourth-order valence-electron chi connectivity index (χ4n) is 2.30. The number of carbonyl (C=O) groups is 1. The van der Waals surface area contributed by atoms with Gasteiger partial charge in [0.1, 0.15) is 12.8 Å². The molecular weight excluding hydrogens is 285 g/mol. The molecule has 2 atom stereocenters. The summed E-state index contributed by atoms with van der Waals surface area (Å²) in [6.07, 6.45) is -1.69. The van der Waals surface area contributed by atoms with E-state index in [0.29, 0.717) is 19.6 Å². The molecule has 0 bridgehead atoms. The number of likely N-dealkylation sites (tertiary alicyclic amines) is 1. The number of rotatable bonds is 5. The number of hydrogen-bond acceptors (Lipinski definition) is 3. The Bertz CT molecular complexity index is 506. The first kappa shape index (κ1) is 16.5. The third kappa shape index (κ3) is 4.84. The van der Waals surface area contributed by atoms with Gasteiger partial charge in [0.25, 0.3) is 0 Å². The first-order valence-corrected chi connectivity index (χ1v) is 7.42. The molecule has 5 heteroatoms. The van der Waals surface area contributed by atoms with Gasteiger partial charge in [0.2, 0.25) is 0 Å². The second-order valence-corrected chi connectivity index (χ2v) is 5.60. The van der Waals surface area contributed by atoms with Crippen molar-refractivity contribution in [2.24, 2.45) is 0 Å². The summed E-state index contributed by atoms with van der Waals surface area (Å²) in [6.45, 7) is 6.56. The predicted molar refractivity (Wildman–Crippen MR) is 82.3 cm³/mol. The molecule has 0 spiro atoms. The minimum atomic E-state index is -1.20. The van der Waals surface area contributed by atoms with E-state index in [4.69, 9.17) is 9.47 Å². The van der Waals surface area contributed by atoms with Crippen LogP contribution in [0.1, 0.15) is 18.9 Å². The van der Waals surface area contributed by atoms with Gasteiger partial charge in [-0.3, -0.25) is 0 Å². The molecule has 22 heavy (non-hydrogen) atoms. The van der Waals surface area contributed by atoms with Crippen molar-refractivity contribution in [3.8, 4) is 0 Å². The first-order valence-electron chi connectivity index (χ1n) is 7.42. The van der Waals surface area contributed by atoms with E-state index < -0.39 is 18.4 Å². The maximum Gasteiger partial charge on any atom is 0.410 e. The van der Waals surface area contributed by atoms with Gasteiger partial charge in [-0.15, -0.1) is 0 Å². The van der Waals surface area contributed by atoms with Crippen LogP contribution < -0.4 is 0 Å². The molecule has 2 rings (SSSR count). The molecule has 0 unspecified atom stereocenters. The van der Waals surface area contributed by atoms with E-state index in [1.54, 1.807) is 0 Å². The summed E-state index contributed by atoms with van der Waals surface area (Å²) >= 11 is 0. The number of carbonyl (C=O) groups excluding carboxylic acids is 1. The number of amides is 1. The second kappa shape index (κ2) is 7.94. The molecule has 0 N–H and O–H groups in total. The number of hydrogen-bond donors (Lipinski definition) is 0. The van der Waals surface area contributed by atoms with E-state index >= 15 is 0 Å². The Morgan fingerprint density at radius 2 is 2.14 bits per heavy atom. The highest BCUT2D eigenvalue weighted by molar-refractivity contribution is 5.67. The second-order valence-electron chi connectivity index (χ2n) is 5.60. The zero-order chi connectivity index (χ0) is 15.9. The van der Waals surface area contributed by atoms with Gasteiger partial charge in [-0.2, -0.15) is 0 Å². The zero-order valence-corrected chi connectivity index (χ0v) is 12.8. The monoisotopic (exact) mass is 307 g/mol. The Hall–Kier alpha value is -1.88. The van der Waals surface area contributed by atoms with Gasteiger partial charge < -0.3 is 14.4 Å². The Balaban J connectivity index is 1.77. The third-order valence-electron chi connectivity index (χ3n) is 3.49. The van der Waals surface area contributed by atoms with E-state index in [-0.39, 0.29) is 13.2 Å². The summed E-state index contributed by atoms with van der Waals surface area (Å²) in [6, 6.07) is 9.41. The number of alkyl halides is 1. The van der Waals surface area contributed by atoms with Gasteiger partial charge in [0.05, 0.1) is 19.3 Å². The van der Waals surface area contributed by atoms with Crippen molar-refractivity contribution in [3.05, 3.63) is 48.0 Å². The van der Waals surface area contributed by atoms with Crippen LogP contribution in [0, 0.1) is 0 Å². The highest BCUT2D eigenvalue weighted by Gasteiger charge is 2.32. The SMILES string of the molecule is C=C(C)CO[C@@H]1CCN(C(=O)OCc2ccccc2)C[C@@H]1F. The van der Waals surface area contributed by atoms with E-state index in [1.807, 2.05) is 37.3 Å². The maximum atomic E-state index is 14.1. The van der Waals surface area contributed by atoms with Gasteiger partial charge in [0.15, 0.2) is 0 Å². The lowest BCUT2D eigenvalue weighted by Crippen LogP contribution is -2.48. The van der Waals surface area contributed by atoms with Crippen LogP contribution in [0.2, 0.25) is 0 Å². The molecule has 1 fully saturated rings. The summed E-state index contributed by atoms with van der Waals surface area (Å²) in [5.74, 6) is 0. The van der Waals surface area contributed by atoms with E-state index in [9.17, 15) is 9.18 Å². The van der Waals surface area contributed by atoms with Gasteiger partial charge >= 0.3 is 6.09 Å². The molecule has 1 aliphatic rings. The van der Waals surface area contributed by atoms with Crippen LogP contribution in [-0.2, 0) is 16.1 Å². The third-order valence-corrected chi connectivity index (χ3v) is 3.49. The predicted octanol–water partition coefficient (Wildman–Crippen LogP) is 3.33. The fourth-order valence-corrected chi connectivity index (χ4v) is 2.30. The number of piperidine rings is 1. The molecule has 1 saturated heterocycles. The fraction of sp³-hybridized carbons (Fsp3) is 0.471. The van der Waals surface area contributed by atoms with Crippen LogP contribution in [0.25, 0.3) is 0 Å². The average Bonchev–Trinajstić information content (AvgIpc) is 2.52. The Morgan fingerprint density at radius 3 is 2.77 bits per heavy atom. The Morgan fingerprint density at radius 1 is 1.41 bits per heavy atom. The van der Waals surface area contributed by atoms with Crippen LogP contribution >= 0.6 is 0 Å². The maximum absolute atomic E-state index is 14.1. The molecule has 1 amide bonds. The van der Waals surface area contributed by atoms with Crippen molar-refractivity contribution >= 4 is 6.09 Å². The van der Waals surface area contributed by atoms with Crippen LogP contribution in [0.4, 0.5) is 9.18 Å². The Labute approximate surface area is 130 Å². The normalized spacial score (nSPS) is 21.5. The minimum Gasteiger partial charge on any atom is -0.445 e. The molecule has 1 aliphatic heterocycles. The van der Waals surface area contributed by atoms with Crippen molar-refractivity contribution in [1.82, 2.24) is 4.90 Å². The number of halogens is 1. The average molecular weight is 307 g/mol. The first-order chi connectivity index (χ1) is 10.6. The van der Waals surface area contributed by atoms with Crippen molar-refractivity contribution in [2.45, 2.75) is 32.2 Å². The van der Waals surface area contributed by atoms with Crippen molar-refractivity contribution in [3.63, 3.8) is 0 Å². The smallest absolute Gasteiger partial charge is 0.410 e. The molecule has 0 aliphatic carbocycles. The van der Waals surface area contributed by atoms with Crippen molar-refractivity contribution < 1.29 is 18.7 Å². The topological polar surface area (TPSA) is 38.8 Å². The highest BCUT2D eigenvalue weighted by Crippen LogP contribution is 2.19. The van der Waals surface area contributed by atoms with Crippen molar-refractivity contribution in [1.29, 1.82) is 0 Å². The molecule has 120 valence electrons. The molecule has 4 nitrogen and oxygen atoms in total. The summed E-state index contributed by atoms with van der Waals surface area (Å²) in [7, 11) is 0. The number of ether oxygens (including phenoxy) is 2. The zero-order valence-electron chi connectivity index (χ0n) is 12.8. The van der Waals surface area contributed by atoms with Crippen LogP contribution in [0.3, 0.4) is 0 Å². The van der Waals surface area contributed by atoms with Gasteiger partial charge in [-0.05, 0) is 18.9 Å². The molecule has 1 heterocycles. The summed E-state index contributed by atoms with van der Waals surface area (Å²) in [5, 5.41) is 0. The number of benzene rings is 1. The van der Waals surface area contributed by atoms with E-state index in [0.717, 1.165) is 11.1 Å².